The summed E-state index contributed by atoms with van der Waals surface area (Å²) in [6, 6.07) is 11.4. The number of ether oxygens (including phenoxy) is 1. The zero-order chi connectivity index (χ0) is 13.0. The van der Waals surface area contributed by atoms with Gasteiger partial charge in [-0.1, -0.05) is 0 Å². The van der Waals surface area contributed by atoms with Gasteiger partial charge < -0.3 is 9.84 Å². The Bertz CT molecular complexity index is 598. The Morgan fingerprint density at radius 2 is 1.94 bits per heavy atom. The fraction of sp³-hybridized carbons (Fsp3) is 0. The van der Waals surface area contributed by atoms with Crippen LogP contribution in [0.3, 0.4) is 0 Å². The minimum Gasteiger partial charge on any atom is -0.478 e. The molecule has 0 radical (unpaired) electrons. The van der Waals surface area contributed by atoms with Crippen molar-refractivity contribution in [1.29, 1.82) is 5.26 Å². The van der Waals surface area contributed by atoms with Crippen molar-refractivity contribution in [3.05, 3.63) is 53.7 Å². The highest BCUT2D eigenvalue weighted by atomic mass is 16.5. The molecule has 5 nitrogen and oxygen atoms in total. The van der Waals surface area contributed by atoms with Gasteiger partial charge in [-0.2, -0.15) is 5.26 Å². The van der Waals surface area contributed by atoms with Gasteiger partial charge in [0.05, 0.1) is 17.2 Å². The van der Waals surface area contributed by atoms with Gasteiger partial charge in [-0.25, -0.2) is 9.78 Å². The summed E-state index contributed by atoms with van der Waals surface area (Å²) in [4.78, 5) is 14.5. The Labute approximate surface area is 103 Å². The van der Waals surface area contributed by atoms with Gasteiger partial charge in [-0.15, -0.1) is 0 Å². The number of hydrogen-bond donors (Lipinski definition) is 1. The van der Waals surface area contributed by atoms with Crippen LogP contribution in [-0.4, -0.2) is 16.1 Å². The van der Waals surface area contributed by atoms with E-state index >= 15 is 0 Å². The minimum atomic E-state index is -1.03. The lowest BCUT2D eigenvalue weighted by atomic mass is 10.2. The Morgan fingerprint density at radius 3 is 2.44 bits per heavy atom. The molecule has 2 rings (SSSR count). The van der Waals surface area contributed by atoms with E-state index in [-0.39, 0.29) is 5.56 Å². The molecule has 0 unspecified atom stereocenters. The number of nitrogens with zero attached hydrogens (tertiary/aromatic N) is 2. The zero-order valence-electron chi connectivity index (χ0n) is 9.20. The molecule has 0 saturated carbocycles. The summed E-state index contributed by atoms with van der Waals surface area (Å²) in [5.74, 6) is -0.207. The number of nitriles is 1. The molecule has 0 atom stereocenters. The van der Waals surface area contributed by atoms with Crippen LogP contribution in [0.2, 0.25) is 0 Å². The van der Waals surface area contributed by atoms with E-state index in [9.17, 15) is 4.79 Å². The van der Waals surface area contributed by atoms with Gasteiger partial charge in [0.25, 0.3) is 0 Å². The lowest BCUT2D eigenvalue weighted by Gasteiger charge is -2.04. The highest BCUT2D eigenvalue weighted by Gasteiger charge is 2.04. The van der Waals surface area contributed by atoms with Crippen LogP contribution in [0.1, 0.15) is 15.9 Å². The second-order valence-electron chi connectivity index (χ2n) is 3.43. The number of carboxylic acid groups (broad SMARTS) is 1. The van der Waals surface area contributed by atoms with Crippen molar-refractivity contribution in [3.8, 4) is 17.7 Å². The van der Waals surface area contributed by atoms with E-state index in [4.69, 9.17) is 15.1 Å². The number of pyridine rings is 1. The summed E-state index contributed by atoms with van der Waals surface area (Å²) in [6.45, 7) is 0. The van der Waals surface area contributed by atoms with E-state index in [0.29, 0.717) is 17.2 Å². The molecule has 0 aliphatic carbocycles. The Kier molecular flexibility index (Phi) is 3.21. The van der Waals surface area contributed by atoms with Gasteiger partial charge in [0, 0.05) is 12.3 Å². The van der Waals surface area contributed by atoms with Gasteiger partial charge in [0.15, 0.2) is 0 Å². The van der Waals surface area contributed by atoms with E-state index in [1.807, 2.05) is 6.07 Å². The molecular weight excluding hydrogens is 232 g/mol. The molecule has 1 aromatic carbocycles. The summed E-state index contributed by atoms with van der Waals surface area (Å²) in [5.41, 5.74) is 0.638. The van der Waals surface area contributed by atoms with Gasteiger partial charge in [0.1, 0.15) is 5.75 Å². The molecule has 0 spiro atoms. The van der Waals surface area contributed by atoms with E-state index in [2.05, 4.69) is 4.98 Å². The Hall–Kier alpha value is -2.87. The van der Waals surface area contributed by atoms with Crippen molar-refractivity contribution in [1.82, 2.24) is 4.98 Å². The van der Waals surface area contributed by atoms with Crippen LogP contribution in [0.4, 0.5) is 0 Å². The zero-order valence-corrected chi connectivity index (χ0v) is 9.20. The minimum absolute atomic E-state index is 0.0992. The maximum Gasteiger partial charge on any atom is 0.337 e. The SMILES string of the molecule is N#Cc1ccc(Oc2ccc(C(=O)O)cn2)cc1. The topological polar surface area (TPSA) is 83.2 Å². The molecule has 2 aromatic rings. The van der Waals surface area contributed by atoms with E-state index in [1.165, 1.54) is 18.3 Å². The van der Waals surface area contributed by atoms with Crippen LogP contribution in [0.15, 0.2) is 42.6 Å². The van der Waals surface area contributed by atoms with Crippen molar-refractivity contribution < 1.29 is 14.6 Å². The van der Waals surface area contributed by atoms with Crippen LogP contribution < -0.4 is 4.74 Å². The van der Waals surface area contributed by atoms with E-state index in [0.717, 1.165) is 0 Å². The van der Waals surface area contributed by atoms with Crippen molar-refractivity contribution in [2.24, 2.45) is 0 Å². The first-order chi connectivity index (χ1) is 8.69. The summed E-state index contributed by atoms with van der Waals surface area (Å²) in [6.07, 6.45) is 1.22. The molecule has 0 amide bonds. The van der Waals surface area contributed by atoms with Crippen molar-refractivity contribution in [2.75, 3.05) is 0 Å². The molecule has 1 N–H and O–H groups in total. The van der Waals surface area contributed by atoms with Crippen LogP contribution in [0, 0.1) is 11.3 Å². The molecule has 88 valence electrons. The summed E-state index contributed by atoms with van der Waals surface area (Å²) in [7, 11) is 0. The highest BCUT2D eigenvalue weighted by molar-refractivity contribution is 5.87. The van der Waals surface area contributed by atoms with Crippen LogP contribution in [0.5, 0.6) is 11.6 Å². The number of aromatic carboxylic acids is 1. The van der Waals surface area contributed by atoms with Crippen LogP contribution in [0.25, 0.3) is 0 Å². The number of hydrogen-bond acceptors (Lipinski definition) is 4. The van der Waals surface area contributed by atoms with Crippen molar-refractivity contribution >= 4 is 5.97 Å². The molecule has 0 aliphatic rings. The first kappa shape index (κ1) is 11.6. The average molecular weight is 240 g/mol. The van der Waals surface area contributed by atoms with Gasteiger partial charge in [0.2, 0.25) is 5.88 Å². The van der Waals surface area contributed by atoms with Crippen molar-refractivity contribution in [2.45, 2.75) is 0 Å². The molecule has 5 heteroatoms. The second kappa shape index (κ2) is 4.97. The predicted octanol–water partition coefficient (Wildman–Crippen LogP) is 2.44. The van der Waals surface area contributed by atoms with Crippen LogP contribution >= 0.6 is 0 Å². The first-order valence-corrected chi connectivity index (χ1v) is 5.06. The predicted molar refractivity (Wildman–Crippen MR) is 62.4 cm³/mol. The van der Waals surface area contributed by atoms with Crippen LogP contribution in [-0.2, 0) is 0 Å². The Morgan fingerprint density at radius 1 is 1.22 bits per heavy atom. The average Bonchev–Trinajstić information content (AvgIpc) is 2.40. The third kappa shape index (κ3) is 2.62. The monoisotopic (exact) mass is 240 g/mol. The van der Waals surface area contributed by atoms with Crippen molar-refractivity contribution in [3.63, 3.8) is 0 Å². The number of rotatable bonds is 3. The second-order valence-corrected chi connectivity index (χ2v) is 3.43. The fourth-order valence-electron chi connectivity index (χ4n) is 1.29. The highest BCUT2D eigenvalue weighted by Crippen LogP contribution is 2.19. The maximum atomic E-state index is 10.6. The smallest absolute Gasteiger partial charge is 0.337 e. The molecule has 1 aromatic heterocycles. The number of aromatic nitrogens is 1. The van der Waals surface area contributed by atoms with Gasteiger partial charge in [-0.3, -0.25) is 0 Å². The van der Waals surface area contributed by atoms with E-state index in [1.54, 1.807) is 24.3 Å². The number of carboxylic acids is 1. The van der Waals surface area contributed by atoms with Gasteiger partial charge in [-0.05, 0) is 30.3 Å². The number of carbonyl (C=O) groups is 1. The lowest BCUT2D eigenvalue weighted by molar-refractivity contribution is 0.0696. The lowest BCUT2D eigenvalue weighted by Crippen LogP contribution is -1.97. The van der Waals surface area contributed by atoms with E-state index < -0.39 is 5.97 Å². The normalized spacial score (nSPS) is 9.50. The molecular formula is C13H8N2O3. The largest absolute Gasteiger partial charge is 0.478 e. The molecule has 0 bridgehead atoms. The molecule has 0 fully saturated rings. The Balaban J connectivity index is 2.13. The first-order valence-electron chi connectivity index (χ1n) is 5.06. The number of benzene rings is 1. The molecule has 0 saturated heterocycles. The third-order valence-corrected chi connectivity index (χ3v) is 2.19. The summed E-state index contributed by atoms with van der Waals surface area (Å²) in [5, 5.41) is 17.4. The van der Waals surface area contributed by atoms with Gasteiger partial charge >= 0.3 is 5.97 Å². The maximum absolute atomic E-state index is 10.6. The molecule has 18 heavy (non-hydrogen) atoms. The fourth-order valence-corrected chi connectivity index (χ4v) is 1.29. The quantitative estimate of drug-likeness (QED) is 0.890. The third-order valence-electron chi connectivity index (χ3n) is 2.19. The summed E-state index contributed by atoms with van der Waals surface area (Å²) < 4.78 is 5.40. The molecule has 0 aliphatic heterocycles. The standard InChI is InChI=1S/C13H8N2O3/c14-7-9-1-4-11(5-2-9)18-12-6-3-10(8-15-12)13(16)17/h1-6,8H,(H,16,17). The summed E-state index contributed by atoms with van der Waals surface area (Å²) >= 11 is 0. The molecule has 1 heterocycles.